The van der Waals surface area contributed by atoms with E-state index in [0.29, 0.717) is 17.8 Å². The van der Waals surface area contributed by atoms with Gasteiger partial charge in [-0.15, -0.1) is 3.89 Å². The molecule has 0 aliphatic heterocycles. The molecule has 0 spiro atoms. The van der Waals surface area contributed by atoms with Gasteiger partial charge in [-0.3, -0.25) is 18.3 Å². The van der Waals surface area contributed by atoms with Crippen LogP contribution in [0.2, 0.25) is 0 Å². The largest absolute Gasteiger partial charge is 0.497 e. The smallest absolute Gasteiger partial charge is 0.338 e. The number of fused-ring (bicyclic) bond motifs is 3. The molecular formula is C23H23FN4O7S. The van der Waals surface area contributed by atoms with Crippen LogP contribution >= 0.6 is 0 Å². The normalized spacial score (nSPS) is 11.8. The van der Waals surface area contributed by atoms with Crippen LogP contribution in [-0.2, 0) is 28.0 Å². The van der Waals surface area contributed by atoms with Crippen LogP contribution in [0.1, 0.15) is 30.1 Å². The van der Waals surface area contributed by atoms with Crippen LogP contribution < -0.4 is 16.0 Å². The summed E-state index contributed by atoms with van der Waals surface area (Å²) in [7, 11) is -3.36. The summed E-state index contributed by atoms with van der Waals surface area (Å²) < 4.78 is 49.4. The fraction of sp³-hybridized carbons (Fsp3) is 0.304. The van der Waals surface area contributed by atoms with Gasteiger partial charge in [0.2, 0.25) is 0 Å². The van der Waals surface area contributed by atoms with E-state index in [9.17, 15) is 26.7 Å². The molecule has 11 nitrogen and oxygen atoms in total. The van der Waals surface area contributed by atoms with Gasteiger partial charge in [0.15, 0.2) is 11.2 Å². The Kier molecular flexibility index (Phi) is 6.93. The summed E-state index contributed by atoms with van der Waals surface area (Å²) in [4.78, 5) is 42.4. The van der Waals surface area contributed by atoms with Crippen molar-refractivity contribution in [3.05, 3.63) is 69.0 Å². The lowest BCUT2D eigenvalue weighted by Crippen LogP contribution is -2.40. The van der Waals surface area contributed by atoms with Crippen LogP contribution in [0, 0.1) is 0 Å². The molecule has 0 saturated carbocycles. The quantitative estimate of drug-likeness (QED) is 0.187. The van der Waals surface area contributed by atoms with E-state index in [4.69, 9.17) is 9.47 Å². The van der Waals surface area contributed by atoms with Crippen molar-refractivity contribution in [2.24, 2.45) is 0 Å². The minimum absolute atomic E-state index is 0.0488. The van der Waals surface area contributed by atoms with Crippen LogP contribution in [0.15, 0.2) is 57.1 Å². The monoisotopic (exact) mass is 518 g/mol. The Morgan fingerprint density at radius 3 is 2.44 bits per heavy atom. The van der Waals surface area contributed by atoms with Gasteiger partial charge in [-0.2, -0.15) is 8.42 Å². The fourth-order valence-electron chi connectivity index (χ4n) is 3.83. The molecule has 13 heteroatoms. The van der Waals surface area contributed by atoms with E-state index < -0.39 is 32.3 Å². The number of hydrogen-bond acceptors (Lipinski definition) is 8. The zero-order valence-electron chi connectivity index (χ0n) is 19.5. The van der Waals surface area contributed by atoms with Gasteiger partial charge in [-0.05, 0) is 43.2 Å². The highest BCUT2D eigenvalue weighted by Crippen LogP contribution is 2.18. The third kappa shape index (κ3) is 4.73. The van der Waals surface area contributed by atoms with Gasteiger partial charge < -0.3 is 9.47 Å². The number of carbonyl (C=O) groups excluding carboxylic acids is 1. The van der Waals surface area contributed by atoms with E-state index in [0.717, 1.165) is 28.8 Å². The molecule has 0 bridgehead atoms. The summed E-state index contributed by atoms with van der Waals surface area (Å²) in [6.07, 6.45) is 2.46. The molecule has 0 aliphatic rings. The molecule has 36 heavy (non-hydrogen) atoms. The lowest BCUT2D eigenvalue weighted by Gasteiger charge is -2.11. The number of pyridine rings is 1. The first-order valence-corrected chi connectivity index (χ1v) is 12.5. The summed E-state index contributed by atoms with van der Waals surface area (Å²) in [5.74, 6) is -0.185. The molecule has 0 fully saturated rings. The second-order valence-electron chi connectivity index (χ2n) is 7.92. The number of carbonyl (C=O) groups is 1. The third-order valence-electron chi connectivity index (χ3n) is 5.56. The van der Waals surface area contributed by atoms with Gasteiger partial charge in [0.25, 0.3) is 5.56 Å². The van der Waals surface area contributed by atoms with E-state index in [-0.39, 0.29) is 42.8 Å². The molecule has 3 heterocycles. The molecule has 4 aromatic rings. The summed E-state index contributed by atoms with van der Waals surface area (Å²) in [5, 5.41) is 0. The van der Waals surface area contributed by atoms with Crippen molar-refractivity contribution in [2.45, 2.75) is 37.8 Å². The molecule has 0 unspecified atom stereocenters. The van der Waals surface area contributed by atoms with Crippen molar-refractivity contribution in [2.75, 3.05) is 13.7 Å². The lowest BCUT2D eigenvalue weighted by atomic mass is 10.2. The maximum absolute atomic E-state index is 13.1. The van der Waals surface area contributed by atoms with Gasteiger partial charge in [0.05, 0.1) is 24.2 Å². The summed E-state index contributed by atoms with van der Waals surface area (Å²) >= 11 is 0. The van der Waals surface area contributed by atoms with Crippen molar-refractivity contribution in [1.29, 1.82) is 0 Å². The van der Waals surface area contributed by atoms with Gasteiger partial charge in [0.1, 0.15) is 11.4 Å². The highest BCUT2D eigenvalue weighted by molar-refractivity contribution is 7.86. The number of aromatic nitrogens is 4. The predicted octanol–water partition coefficient (Wildman–Crippen LogP) is 2.13. The predicted molar refractivity (Wildman–Crippen MR) is 128 cm³/mol. The molecule has 0 radical (unpaired) electrons. The zero-order valence-corrected chi connectivity index (χ0v) is 20.3. The number of aryl methyl sites for hydroxylation is 1. The van der Waals surface area contributed by atoms with Gasteiger partial charge >= 0.3 is 21.9 Å². The van der Waals surface area contributed by atoms with E-state index >= 15 is 0 Å². The minimum Gasteiger partial charge on any atom is -0.497 e. The fourth-order valence-corrected chi connectivity index (χ4v) is 4.29. The molecule has 0 amide bonds. The van der Waals surface area contributed by atoms with Crippen molar-refractivity contribution < 1.29 is 26.6 Å². The summed E-state index contributed by atoms with van der Waals surface area (Å²) in [5.41, 5.74) is -0.0164. The number of hydrogen-bond donors (Lipinski definition) is 0. The Labute approximate surface area is 204 Å². The average Bonchev–Trinajstić information content (AvgIpc) is 3.24. The van der Waals surface area contributed by atoms with Gasteiger partial charge in [0, 0.05) is 25.4 Å². The van der Waals surface area contributed by atoms with Crippen LogP contribution in [0.25, 0.3) is 16.8 Å². The van der Waals surface area contributed by atoms with E-state index in [1.54, 1.807) is 22.7 Å². The molecule has 4 rings (SSSR count). The lowest BCUT2D eigenvalue weighted by molar-refractivity contribution is 0.0495. The number of ether oxygens (including phenoxy) is 2. The maximum Gasteiger partial charge on any atom is 0.338 e. The zero-order chi connectivity index (χ0) is 26.0. The Morgan fingerprint density at radius 2 is 1.81 bits per heavy atom. The number of nitrogens with zero attached hydrogens (tertiary/aromatic N) is 4. The van der Waals surface area contributed by atoms with E-state index in [1.165, 1.54) is 11.7 Å². The Balaban J connectivity index is 1.58. The Morgan fingerprint density at radius 1 is 1.08 bits per heavy atom. The number of imidazole rings is 1. The number of rotatable bonds is 9. The second-order valence-corrected chi connectivity index (χ2v) is 9.27. The average molecular weight is 519 g/mol. The first-order valence-electron chi connectivity index (χ1n) is 11.1. The molecule has 1 aromatic carbocycles. The number of benzene rings is 1. The topological polar surface area (TPSA) is 131 Å². The Hall–Kier alpha value is -4.00. The van der Waals surface area contributed by atoms with Gasteiger partial charge in [-0.25, -0.2) is 14.6 Å². The molecule has 3 aromatic heterocycles. The first-order chi connectivity index (χ1) is 17.2. The van der Waals surface area contributed by atoms with Crippen molar-refractivity contribution in [1.82, 2.24) is 18.5 Å². The maximum atomic E-state index is 13.1. The van der Waals surface area contributed by atoms with E-state index in [1.807, 2.05) is 6.92 Å². The Bertz CT molecular complexity index is 1670. The highest BCUT2D eigenvalue weighted by Gasteiger charge is 2.19. The van der Waals surface area contributed by atoms with Crippen molar-refractivity contribution in [3.63, 3.8) is 0 Å². The summed E-state index contributed by atoms with van der Waals surface area (Å²) in [6.45, 7) is 2.14. The standard InChI is InChI=1S/C23H23FN4O7S/c1-3-10-28-21(29)19-20(25-18-14-16(34-2)9-12-26(18)19)27(23(28)31)11-4-13-35-22(30)15-5-7-17(8-6-15)36(24,32)33/h5-9,12,14H,3-4,10-11,13H2,1-2H3. The van der Waals surface area contributed by atoms with Crippen LogP contribution in [0.4, 0.5) is 3.89 Å². The van der Waals surface area contributed by atoms with Crippen molar-refractivity contribution >= 4 is 33.0 Å². The molecule has 0 saturated heterocycles. The first kappa shape index (κ1) is 25.1. The van der Waals surface area contributed by atoms with Crippen LogP contribution in [0.3, 0.4) is 0 Å². The van der Waals surface area contributed by atoms with Crippen LogP contribution in [-0.4, -0.2) is 46.6 Å². The molecule has 0 N–H and O–H groups in total. The molecule has 0 aliphatic carbocycles. The van der Waals surface area contributed by atoms with Crippen molar-refractivity contribution in [3.8, 4) is 5.75 Å². The third-order valence-corrected chi connectivity index (χ3v) is 6.39. The SMILES string of the molecule is CCCn1c(=O)c2c(nc3cc(OC)ccn32)n(CCCOC(=O)c2ccc(S(=O)(=O)F)cc2)c1=O. The molecular weight excluding hydrogens is 495 g/mol. The van der Waals surface area contributed by atoms with Gasteiger partial charge in [-0.1, -0.05) is 6.92 Å². The molecule has 190 valence electrons. The number of methoxy groups -OCH3 is 1. The van der Waals surface area contributed by atoms with E-state index in [2.05, 4.69) is 4.98 Å². The number of halogens is 1. The summed E-state index contributed by atoms with van der Waals surface area (Å²) in [6, 6.07) is 7.57. The van der Waals surface area contributed by atoms with Crippen LogP contribution in [0.5, 0.6) is 5.75 Å². The number of esters is 1. The second kappa shape index (κ2) is 9.93. The highest BCUT2D eigenvalue weighted by atomic mass is 32.3. The minimum atomic E-state index is -4.87. The molecule has 0 atom stereocenters.